The summed E-state index contributed by atoms with van der Waals surface area (Å²) < 4.78 is 0. The number of rotatable bonds is 4. The van der Waals surface area contributed by atoms with Crippen molar-refractivity contribution >= 4 is 11.6 Å². The van der Waals surface area contributed by atoms with Gasteiger partial charge in [0.25, 0.3) is 0 Å². The normalized spacial score (nSPS) is 22.6. The number of nitrogens with one attached hydrogen (secondary N) is 1. The molecule has 0 aliphatic heterocycles. The molecule has 0 bridgehead atoms. The number of nitrogens with zero attached hydrogens (tertiary/aromatic N) is 3. The molecule has 1 aromatic heterocycles. The van der Waals surface area contributed by atoms with E-state index in [-0.39, 0.29) is 0 Å². The molecule has 1 saturated carbocycles. The summed E-state index contributed by atoms with van der Waals surface area (Å²) in [5, 5.41) is 0. The molecule has 0 spiro atoms. The van der Waals surface area contributed by atoms with Gasteiger partial charge in [0, 0.05) is 25.1 Å². The van der Waals surface area contributed by atoms with Crippen LogP contribution in [0.1, 0.15) is 50.9 Å². The van der Waals surface area contributed by atoms with Crippen LogP contribution in [0, 0.1) is 12.8 Å². The Balaban J connectivity index is 2.34. The fourth-order valence-corrected chi connectivity index (χ4v) is 3.22. The van der Waals surface area contributed by atoms with E-state index >= 15 is 0 Å². The Kier molecular flexibility index (Phi) is 4.81. The number of hydrazine groups is 1. The zero-order chi connectivity index (χ0) is 14.7. The summed E-state index contributed by atoms with van der Waals surface area (Å²) in [5.74, 6) is 8.90. The number of hydrogen-bond donors (Lipinski definition) is 2. The lowest BCUT2D eigenvalue weighted by Gasteiger charge is -2.37. The average molecular weight is 277 g/mol. The SMILES string of the molecule is CCc1nc(NN)c(C)c(N(C)C2CCCCC2C)n1. The van der Waals surface area contributed by atoms with Crippen LogP contribution in [-0.4, -0.2) is 23.1 Å². The van der Waals surface area contributed by atoms with E-state index in [1.54, 1.807) is 0 Å². The van der Waals surface area contributed by atoms with Gasteiger partial charge >= 0.3 is 0 Å². The van der Waals surface area contributed by atoms with Crippen molar-refractivity contribution in [2.24, 2.45) is 11.8 Å². The van der Waals surface area contributed by atoms with Gasteiger partial charge in [-0.1, -0.05) is 26.7 Å². The second kappa shape index (κ2) is 6.39. The van der Waals surface area contributed by atoms with E-state index in [9.17, 15) is 0 Å². The Morgan fingerprint density at radius 3 is 2.60 bits per heavy atom. The van der Waals surface area contributed by atoms with E-state index in [2.05, 4.69) is 36.2 Å². The van der Waals surface area contributed by atoms with Crippen molar-refractivity contribution < 1.29 is 0 Å². The molecule has 20 heavy (non-hydrogen) atoms. The zero-order valence-electron chi connectivity index (χ0n) is 13.1. The molecule has 1 aliphatic rings. The van der Waals surface area contributed by atoms with Gasteiger partial charge in [-0.3, -0.25) is 0 Å². The van der Waals surface area contributed by atoms with Crippen LogP contribution in [0.5, 0.6) is 0 Å². The van der Waals surface area contributed by atoms with E-state index in [1.807, 2.05) is 6.92 Å². The van der Waals surface area contributed by atoms with E-state index < -0.39 is 0 Å². The van der Waals surface area contributed by atoms with Crippen molar-refractivity contribution in [2.75, 3.05) is 17.4 Å². The van der Waals surface area contributed by atoms with Crippen molar-refractivity contribution in [2.45, 2.75) is 58.9 Å². The summed E-state index contributed by atoms with van der Waals surface area (Å²) in [6.45, 7) is 6.45. The number of nitrogen functional groups attached to an aromatic ring is 1. The topological polar surface area (TPSA) is 67.1 Å². The summed E-state index contributed by atoms with van der Waals surface area (Å²) >= 11 is 0. The molecule has 0 radical (unpaired) electrons. The minimum absolute atomic E-state index is 0.563. The van der Waals surface area contributed by atoms with Gasteiger partial charge in [0.15, 0.2) is 0 Å². The van der Waals surface area contributed by atoms with Crippen LogP contribution in [0.3, 0.4) is 0 Å². The molecular weight excluding hydrogens is 250 g/mol. The molecule has 5 heteroatoms. The summed E-state index contributed by atoms with van der Waals surface area (Å²) in [7, 11) is 2.15. The largest absolute Gasteiger partial charge is 0.356 e. The van der Waals surface area contributed by atoms with E-state index in [1.165, 1.54) is 25.7 Å². The molecule has 2 atom stereocenters. The molecule has 112 valence electrons. The Hall–Kier alpha value is -1.36. The molecule has 1 aromatic rings. The number of anilines is 2. The standard InChI is InChI=1S/C15H27N5/c1-5-13-17-14(19-16)11(3)15(18-13)20(4)12-9-7-6-8-10(12)2/h10,12H,5-9,16H2,1-4H3,(H,17,18,19). The fraction of sp³-hybridized carbons (Fsp3) is 0.733. The first-order valence-electron chi connectivity index (χ1n) is 7.65. The zero-order valence-corrected chi connectivity index (χ0v) is 13.1. The molecule has 2 rings (SSSR count). The van der Waals surface area contributed by atoms with Crippen LogP contribution in [0.25, 0.3) is 0 Å². The van der Waals surface area contributed by atoms with Crippen LogP contribution in [0.15, 0.2) is 0 Å². The van der Waals surface area contributed by atoms with Crippen LogP contribution < -0.4 is 16.2 Å². The van der Waals surface area contributed by atoms with Gasteiger partial charge in [0.2, 0.25) is 0 Å². The van der Waals surface area contributed by atoms with Crippen molar-refractivity contribution in [1.29, 1.82) is 0 Å². The van der Waals surface area contributed by atoms with Gasteiger partial charge in [-0.15, -0.1) is 0 Å². The summed E-state index contributed by atoms with van der Waals surface area (Å²) in [6.07, 6.45) is 6.03. The molecule has 2 unspecified atom stereocenters. The first kappa shape index (κ1) is 15.0. The highest BCUT2D eigenvalue weighted by Crippen LogP contribution is 2.32. The highest BCUT2D eigenvalue weighted by Gasteiger charge is 2.27. The van der Waals surface area contributed by atoms with Gasteiger partial charge < -0.3 is 10.3 Å². The third kappa shape index (κ3) is 2.87. The number of hydrogen-bond acceptors (Lipinski definition) is 5. The van der Waals surface area contributed by atoms with Gasteiger partial charge in [-0.05, 0) is 25.7 Å². The van der Waals surface area contributed by atoms with Crippen molar-refractivity contribution in [3.63, 3.8) is 0 Å². The van der Waals surface area contributed by atoms with Crippen LogP contribution in [0.4, 0.5) is 11.6 Å². The third-order valence-corrected chi connectivity index (χ3v) is 4.52. The fourth-order valence-electron chi connectivity index (χ4n) is 3.22. The quantitative estimate of drug-likeness (QED) is 0.654. The highest BCUT2D eigenvalue weighted by molar-refractivity contribution is 5.58. The molecule has 1 aliphatic carbocycles. The second-order valence-electron chi connectivity index (χ2n) is 5.87. The molecule has 1 heterocycles. The summed E-state index contributed by atoms with van der Waals surface area (Å²) in [6, 6.07) is 0.563. The van der Waals surface area contributed by atoms with Crippen LogP contribution >= 0.6 is 0 Å². The van der Waals surface area contributed by atoms with Crippen molar-refractivity contribution in [1.82, 2.24) is 9.97 Å². The van der Waals surface area contributed by atoms with Gasteiger partial charge in [-0.2, -0.15) is 0 Å². The monoisotopic (exact) mass is 277 g/mol. The number of aromatic nitrogens is 2. The molecule has 3 N–H and O–H groups in total. The van der Waals surface area contributed by atoms with Gasteiger partial charge in [-0.25, -0.2) is 15.8 Å². The van der Waals surface area contributed by atoms with Gasteiger partial charge in [0.05, 0.1) is 0 Å². The molecule has 1 fully saturated rings. The van der Waals surface area contributed by atoms with Crippen molar-refractivity contribution in [3.8, 4) is 0 Å². The number of aryl methyl sites for hydroxylation is 1. The summed E-state index contributed by atoms with van der Waals surface area (Å²) in [4.78, 5) is 11.5. The van der Waals surface area contributed by atoms with E-state index in [0.717, 1.165) is 29.4 Å². The molecule has 0 aromatic carbocycles. The molecule has 5 nitrogen and oxygen atoms in total. The van der Waals surface area contributed by atoms with Crippen LogP contribution in [0.2, 0.25) is 0 Å². The Morgan fingerprint density at radius 2 is 2.00 bits per heavy atom. The second-order valence-corrected chi connectivity index (χ2v) is 5.87. The van der Waals surface area contributed by atoms with Crippen LogP contribution in [-0.2, 0) is 6.42 Å². The predicted molar refractivity (Wildman–Crippen MR) is 83.8 cm³/mol. The Labute approximate surface area is 121 Å². The maximum Gasteiger partial charge on any atom is 0.148 e. The number of nitrogens with two attached hydrogens (primary N) is 1. The third-order valence-electron chi connectivity index (χ3n) is 4.52. The minimum atomic E-state index is 0.563. The predicted octanol–water partition coefficient (Wildman–Crippen LogP) is 2.65. The molecular formula is C15H27N5. The lowest BCUT2D eigenvalue weighted by atomic mass is 9.85. The van der Waals surface area contributed by atoms with Gasteiger partial charge in [0.1, 0.15) is 17.5 Å². The lowest BCUT2D eigenvalue weighted by molar-refractivity contribution is 0.320. The average Bonchev–Trinajstić information content (AvgIpc) is 2.47. The molecule has 0 amide bonds. The maximum atomic E-state index is 5.59. The first-order valence-corrected chi connectivity index (χ1v) is 7.65. The lowest BCUT2D eigenvalue weighted by Crippen LogP contribution is -2.40. The Bertz CT molecular complexity index is 460. The van der Waals surface area contributed by atoms with Crippen molar-refractivity contribution in [3.05, 3.63) is 11.4 Å². The summed E-state index contributed by atoms with van der Waals surface area (Å²) in [5.41, 5.74) is 3.73. The maximum absolute atomic E-state index is 5.59. The first-order chi connectivity index (χ1) is 9.58. The smallest absolute Gasteiger partial charge is 0.148 e. The molecule has 0 saturated heterocycles. The minimum Gasteiger partial charge on any atom is -0.356 e. The van der Waals surface area contributed by atoms with E-state index in [0.29, 0.717) is 12.0 Å². The Morgan fingerprint density at radius 1 is 1.30 bits per heavy atom. The van der Waals surface area contributed by atoms with E-state index in [4.69, 9.17) is 10.8 Å². The highest BCUT2D eigenvalue weighted by atomic mass is 15.3.